The number of rotatable bonds is 1. The van der Waals surface area contributed by atoms with Gasteiger partial charge in [-0.15, -0.1) is 0 Å². The van der Waals surface area contributed by atoms with Crippen molar-refractivity contribution in [2.75, 3.05) is 0 Å². The van der Waals surface area contributed by atoms with Crippen molar-refractivity contribution in [3.63, 3.8) is 0 Å². The van der Waals surface area contributed by atoms with E-state index in [-0.39, 0.29) is 11.8 Å². The third-order valence-electron chi connectivity index (χ3n) is 2.70. The molecule has 0 spiro atoms. The largest absolute Gasteiger partial charge is 0.367 e. The van der Waals surface area contributed by atoms with Gasteiger partial charge in [0.2, 0.25) is 5.91 Å². The maximum Gasteiger partial charge on any atom is 0.247 e. The van der Waals surface area contributed by atoms with Gasteiger partial charge in [0, 0.05) is 5.92 Å². The Morgan fingerprint density at radius 3 is 2.93 bits per heavy atom. The Kier molecular flexibility index (Phi) is 2.25. The van der Waals surface area contributed by atoms with Crippen molar-refractivity contribution in [3.8, 4) is 0 Å². The van der Waals surface area contributed by atoms with E-state index in [4.69, 9.17) is 10.5 Å². The minimum Gasteiger partial charge on any atom is -0.367 e. The van der Waals surface area contributed by atoms with Crippen molar-refractivity contribution in [2.45, 2.75) is 25.6 Å². The number of hydrogen-bond acceptors (Lipinski definition) is 2. The first-order valence-corrected chi connectivity index (χ1v) is 4.69. The molecule has 1 heterocycles. The average molecular weight is 191 g/mol. The quantitative estimate of drug-likeness (QED) is 0.724. The molecule has 3 nitrogen and oxygen atoms in total. The van der Waals surface area contributed by atoms with Crippen molar-refractivity contribution in [1.29, 1.82) is 0 Å². The fourth-order valence-corrected chi connectivity index (χ4v) is 1.93. The predicted octanol–water partition coefficient (Wildman–Crippen LogP) is 1.17. The number of fused-ring (bicyclic) bond motifs is 1. The summed E-state index contributed by atoms with van der Waals surface area (Å²) in [5.41, 5.74) is 7.57. The molecule has 1 aromatic rings. The molecular formula is C11H13NO2. The predicted molar refractivity (Wildman–Crippen MR) is 52.6 cm³/mol. The van der Waals surface area contributed by atoms with Crippen molar-refractivity contribution in [3.05, 3.63) is 35.4 Å². The Hall–Kier alpha value is -1.35. The van der Waals surface area contributed by atoms with E-state index in [1.54, 1.807) is 0 Å². The number of nitrogens with two attached hydrogens (primary N) is 1. The van der Waals surface area contributed by atoms with E-state index < -0.39 is 6.10 Å². The second kappa shape index (κ2) is 3.42. The number of amides is 1. The fourth-order valence-electron chi connectivity index (χ4n) is 1.93. The molecule has 2 atom stereocenters. The van der Waals surface area contributed by atoms with E-state index in [0.717, 1.165) is 5.56 Å². The summed E-state index contributed by atoms with van der Waals surface area (Å²) in [6.45, 7) is 2.45. The van der Waals surface area contributed by atoms with Crippen LogP contribution in [-0.4, -0.2) is 12.0 Å². The molecule has 0 radical (unpaired) electrons. The number of benzene rings is 1. The topological polar surface area (TPSA) is 52.3 Å². The molecule has 0 saturated carbocycles. The first kappa shape index (κ1) is 9.21. The Balaban J connectivity index is 2.36. The lowest BCUT2D eigenvalue weighted by Crippen LogP contribution is -2.38. The monoisotopic (exact) mass is 191 g/mol. The summed E-state index contributed by atoms with van der Waals surface area (Å²) >= 11 is 0. The second-order valence-corrected chi connectivity index (χ2v) is 3.62. The maximum absolute atomic E-state index is 11.1. The van der Waals surface area contributed by atoms with Crippen molar-refractivity contribution in [2.24, 2.45) is 5.73 Å². The van der Waals surface area contributed by atoms with E-state index >= 15 is 0 Å². The van der Waals surface area contributed by atoms with Gasteiger partial charge in [-0.25, -0.2) is 0 Å². The summed E-state index contributed by atoms with van der Waals surface area (Å²) in [6.07, 6.45) is -0.482. The van der Waals surface area contributed by atoms with Crippen LogP contribution in [0.4, 0.5) is 0 Å². The SMILES string of the molecule is CC1c2ccccc2COC1C(N)=O. The Morgan fingerprint density at radius 1 is 1.50 bits per heavy atom. The smallest absolute Gasteiger partial charge is 0.247 e. The zero-order valence-corrected chi connectivity index (χ0v) is 8.07. The molecule has 1 amide bonds. The number of ether oxygens (including phenoxy) is 1. The van der Waals surface area contributed by atoms with Gasteiger partial charge in [0.25, 0.3) is 0 Å². The summed E-state index contributed by atoms with van der Waals surface area (Å²) < 4.78 is 5.40. The number of carbonyl (C=O) groups is 1. The van der Waals surface area contributed by atoms with Crippen LogP contribution < -0.4 is 5.73 Å². The van der Waals surface area contributed by atoms with Gasteiger partial charge < -0.3 is 10.5 Å². The highest BCUT2D eigenvalue weighted by molar-refractivity contribution is 5.80. The number of hydrogen-bond donors (Lipinski definition) is 1. The molecule has 0 fully saturated rings. The van der Waals surface area contributed by atoms with E-state index in [1.807, 2.05) is 31.2 Å². The molecule has 2 rings (SSSR count). The van der Waals surface area contributed by atoms with Crippen LogP contribution in [0.25, 0.3) is 0 Å². The first-order valence-electron chi connectivity index (χ1n) is 4.69. The highest BCUT2D eigenvalue weighted by Gasteiger charge is 2.30. The lowest BCUT2D eigenvalue weighted by atomic mass is 9.89. The van der Waals surface area contributed by atoms with Crippen LogP contribution in [0.1, 0.15) is 24.0 Å². The number of primary amides is 1. The molecule has 2 unspecified atom stereocenters. The van der Waals surface area contributed by atoms with Gasteiger partial charge in [-0.3, -0.25) is 4.79 Å². The molecule has 1 aliphatic heterocycles. The normalized spacial score (nSPS) is 25.5. The van der Waals surface area contributed by atoms with Gasteiger partial charge in [0.1, 0.15) is 6.10 Å². The summed E-state index contributed by atoms with van der Waals surface area (Å²) in [4.78, 5) is 11.1. The summed E-state index contributed by atoms with van der Waals surface area (Å²) in [5, 5.41) is 0. The fraction of sp³-hybridized carbons (Fsp3) is 0.364. The van der Waals surface area contributed by atoms with Crippen molar-refractivity contribution < 1.29 is 9.53 Å². The van der Waals surface area contributed by atoms with Crippen molar-refractivity contribution in [1.82, 2.24) is 0 Å². The standard InChI is InChI=1S/C11H13NO2/c1-7-9-5-3-2-4-8(9)6-14-10(7)11(12)13/h2-5,7,10H,6H2,1H3,(H2,12,13). The van der Waals surface area contributed by atoms with E-state index in [0.29, 0.717) is 6.61 Å². The molecule has 0 bridgehead atoms. The van der Waals surface area contributed by atoms with Crippen molar-refractivity contribution >= 4 is 5.91 Å². The molecule has 14 heavy (non-hydrogen) atoms. The first-order chi connectivity index (χ1) is 6.70. The van der Waals surface area contributed by atoms with Gasteiger partial charge in [-0.1, -0.05) is 31.2 Å². The second-order valence-electron chi connectivity index (χ2n) is 3.62. The zero-order chi connectivity index (χ0) is 10.1. The number of carbonyl (C=O) groups excluding carboxylic acids is 1. The molecule has 2 N–H and O–H groups in total. The molecule has 74 valence electrons. The average Bonchev–Trinajstić information content (AvgIpc) is 2.18. The Morgan fingerprint density at radius 2 is 2.21 bits per heavy atom. The van der Waals surface area contributed by atoms with Crippen LogP contribution in [0.15, 0.2) is 24.3 Å². The molecule has 1 aromatic carbocycles. The van der Waals surface area contributed by atoms with Crippen LogP contribution in [0.2, 0.25) is 0 Å². The molecule has 0 aliphatic carbocycles. The van der Waals surface area contributed by atoms with Gasteiger partial charge in [0.05, 0.1) is 6.61 Å². The van der Waals surface area contributed by atoms with E-state index in [1.165, 1.54) is 5.56 Å². The summed E-state index contributed by atoms with van der Waals surface area (Å²) in [5.74, 6) is -0.329. The third-order valence-corrected chi connectivity index (χ3v) is 2.70. The minimum atomic E-state index is -0.482. The third kappa shape index (κ3) is 1.40. The highest BCUT2D eigenvalue weighted by atomic mass is 16.5. The molecule has 0 aromatic heterocycles. The Labute approximate surface area is 82.9 Å². The van der Waals surface area contributed by atoms with Crippen LogP contribution in [0, 0.1) is 0 Å². The van der Waals surface area contributed by atoms with Crippen LogP contribution in [0.5, 0.6) is 0 Å². The van der Waals surface area contributed by atoms with Gasteiger partial charge in [-0.2, -0.15) is 0 Å². The van der Waals surface area contributed by atoms with Gasteiger partial charge in [0.15, 0.2) is 0 Å². The van der Waals surface area contributed by atoms with Gasteiger partial charge in [-0.05, 0) is 11.1 Å². The summed E-state index contributed by atoms with van der Waals surface area (Å²) in [6, 6.07) is 7.99. The minimum absolute atomic E-state index is 0.0532. The van der Waals surface area contributed by atoms with Crippen LogP contribution in [-0.2, 0) is 16.1 Å². The van der Waals surface area contributed by atoms with E-state index in [9.17, 15) is 4.79 Å². The van der Waals surface area contributed by atoms with Crippen LogP contribution >= 0.6 is 0 Å². The lowest BCUT2D eigenvalue weighted by Gasteiger charge is -2.29. The summed E-state index contributed by atoms with van der Waals surface area (Å²) in [7, 11) is 0. The molecule has 0 saturated heterocycles. The zero-order valence-electron chi connectivity index (χ0n) is 8.07. The van der Waals surface area contributed by atoms with Crippen LogP contribution in [0.3, 0.4) is 0 Å². The Bertz CT molecular complexity index is 362. The van der Waals surface area contributed by atoms with Gasteiger partial charge >= 0.3 is 0 Å². The highest BCUT2D eigenvalue weighted by Crippen LogP contribution is 2.30. The van der Waals surface area contributed by atoms with E-state index in [2.05, 4.69) is 0 Å². The molecule has 1 aliphatic rings. The lowest BCUT2D eigenvalue weighted by molar-refractivity contribution is -0.132. The molecular weight excluding hydrogens is 178 g/mol. The maximum atomic E-state index is 11.1. The molecule has 3 heteroatoms.